The van der Waals surface area contributed by atoms with Crippen molar-refractivity contribution in [2.24, 2.45) is 0 Å². The van der Waals surface area contributed by atoms with Gasteiger partial charge in [0.15, 0.2) is 10.1 Å². The van der Waals surface area contributed by atoms with E-state index in [2.05, 4.69) is 27.8 Å². The summed E-state index contributed by atoms with van der Waals surface area (Å²) in [4.78, 5) is 23.5. The molecule has 0 aliphatic carbocycles. The van der Waals surface area contributed by atoms with Crippen LogP contribution >= 0.6 is 23.1 Å². The molecule has 1 aromatic heterocycles. The Bertz CT molecular complexity index is 731. The second kappa shape index (κ2) is 10.3. The van der Waals surface area contributed by atoms with Gasteiger partial charge in [0.05, 0.1) is 5.25 Å². The van der Waals surface area contributed by atoms with Crippen molar-refractivity contribution >= 4 is 39.9 Å². The molecule has 2 aromatic rings. The smallest absolute Gasteiger partial charge is 0.216 e. The third kappa shape index (κ3) is 6.42. The quantitative estimate of drug-likeness (QED) is 0.476. The molecule has 0 saturated heterocycles. The number of Topliss-reactive ketones (excluding diaryl/α,β-unsaturated/α-hetero) is 1. The lowest BCUT2D eigenvalue weighted by Crippen LogP contribution is -2.22. The Morgan fingerprint density at radius 2 is 1.92 bits per heavy atom. The number of hydrogen-bond donors (Lipinski definition) is 2. The Hall–Kier alpha value is -1.93. The minimum Gasteiger partial charge on any atom is -0.360 e. The van der Waals surface area contributed by atoms with E-state index in [0.717, 1.165) is 34.4 Å². The van der Waals surface area contributed by atoms with Gasteiger partial charge in [-0.2, -0.15) is 0 Å². The number of thioether (sulfide) groups is 1. The number of nitrogens with one attached hydrogen (secondary N) is 2. The molecular weight excluding hydrogens is 368 g/mol. The molecule has 1 heterocycles. The highest BCUT2D eigenvalue weighted by atomic mass is 32.2. The first kappa shape index (κ1) is 20.4. The molecule has 1 amide bonds. The van der Waals surface area contributed by atoms with Crippen LogP contribution in [0.5, 0.6) is 0 Å². The van der Waals surface area contributed by atoms with Crippen molar-refractivity contribution in [2.45, 2.75) is 43.2 Å². The number of carbonyl (C=O) groups is 2. The molecule has 0 spiro atoms. The fraction of sp³-hybridized carbons (Fsp3) is 0.444. The molecule has 0 bridgehead atoms. The van der Waals surface area contributed by atoms with Gasteiger partial charge in [0.1, 0.15) is 0 Å². The summed E-state index contributed by atoms with van der Waals surface area (Å²) in [7, 11) is 0. The van der Waals surface area contributed by atoms with Crippen LogP contribution in [0.15, 0.2) is 28.6 Å². The Morgan fingerprint density at radius 3 is 2.58 bits per heavy atom. The molecule has 8 heteroatoms. The van der Waals surface area contributed by atoms with Crippen molar-refractivity contribution < 1.29 is 9.59 Å². The third-order valence-corrected chi connectivity index (χ3v) is 5.67. The van der Waals surface area contributed by atoms with Gasteiger partial charge in [0.25, 0.3) is 0 Å². The van der Waals surface area contributed by atoms with Gasteiger partial charge < -0.3 is 10.6 Å². The van der Waals surface area contributed by atoms with Gasteiger partial charge in [-0.25, -0.2) is 0 Å². The van der Waals surface area contributed by atoms with E-state index in [4.69, 9.17) is 0 Å². The second-order valence-electron chi connectivity index (χ2n) is 5.85. The number of nitrogens with zero attached hydrogens (tertiary/aromatic N) is 2. The van der Waals surface area contributed by atoms with Crippen LogP contribution in [-0.4, -0.2) is 40.2 Å². The third-order valence-electron chi connectivity index (χ3n) is 3.61. The summed E-state index contributed by atoms with van der Waals surface area (Å²) in [5.41, 5.74) is 1.77. The van der Waals surface area contributed by atoms with E-state index in [0.29, 0.717) is 12.1 Å². The van der Waals surface area contributed by atoms with E-state index in [1.54, 1.807) is 0 Å². The molecular formula is C18H24N4O2S2. The zero-order chi connectivity index (χ0) is 18.9. The van der Waals surface area contributed by atoms with E-state index in [-0.39, 0.29) is 16.9 Å². The number of hydrogen-bond acceptors (Lipinski definition) is 7. The van der Waals surface area contributed by atoms with Crippen LogP contribution in [0.3, 0.4) is 0 Å². The Labute approximate surface area is 162 Å². The first-order valence-corrected chi connectivity index (χ1v) is 10.3. The van der Waals surface area contributed by atoms with Crippen molar-refractivity contribution in [3.05, 3.63) is 35.4 Å². The summed E-state index contributed by atoms with van der Waals surface area (Å²) in [6.07, 6.45) is 1.77. The number of ketones is 1. The van der Waals surface area contributed by atoms with Crippen LogP contribution in [0.25, 0.3) is 0 Å². The number of anilines is 1. The second-order valence-corrected chi connectivity index (χ2v) is 8.42. The normalized spacial score (nSPS) is 11.8. The van der Waals surface area contributed by atoms with Crippen molar-refractivity contribution in [2.75, 3.05) is 18.4 Å². The van der Waals surface area contributed by atoms with Gasteiger partial charge in [0, 0.05) is 25.6 Å². The molecule has 0 fully saturated rings. The van der Waals surface area contributed by atoms with Crippen molar-refractivity contribution in [1.29, 1.82) is 0 Å². The summed E-state index contributed by atoms with van der Waals surface area (Å²) in [5, 5.41) is 14.7. The maximum Gasteiger partial charge on any atom is 0.216 e. The lowest BCUT2D eigenvalue weighted by molar-refractivity contribution is -0.118. The zero-order valence-corrected chi connectivity index (χ0v) is 16.9. The SMILES string of the molecule is CCCNc1nnc(SC(C)C(=O)c2ccc(CCNC(C)=O)cc2)s1. The van der Waals surface area contributed by atoms with E-state index >= 15 is 0 Å². The first-order chi connectivity index (χ1) is 12.5. The molecule has 140 valence electrons. The number of amides is 1. The highest BCUT2D eigenvalue weighted by Crippen LogP contribution is 2.30. The number of benzene rings is 1. The molecule has 1 unspecified atom stereocenters. The number of rotatable bonds is 10. The molecule has 1 aromatic carbocycles. The summed E-state index contributed by atoms with van der Waals surface area (Å²) < 4.78 is 0.788. The molecule has 2 N–H and O–H groups in total. The Kier molecular flexibility index (Phi) is 8.06. The molecule has 26 heavy (non-hydrogen) atoms. The van der Waals surface area contributed by atoms with Crippen LogP contribution in [0, 0.1) is 0 Å². The minimum atomic E-state index is -0.229. The highest BCUT2D eigenvalue weighted by Gasteiger charge is 2.18. The van der Waals surface area contributed by atoms with E-state index in [9.17, 15) is 9.59 Å². The standard InChI is InChI=1S/C18H24N4O2S2/c1-4-10-20-17-21-22-18(26-17)25-12(2)16(24)15-7-5-14(6-8-15)9-11-19-13(3)23/h5-8,12H,4,9-11H2,1-3H3,(H,19,23)(H,20,21). The lowest BCUT2D eigenvalue weighted by atomic mass is 10.0. The fourth-order valence-corrected chi connectivity index (χ4v) is 4.22. The van der Waals surface area contributed by atoms with Crippen LogP contribution in [-0.2, 0) is 11.2 Å². The maximum atomic E-state index is 12.6. The summed E-state index contributed by atoms with van der Waals surface area (Å²) in [5.74, 6) is 0.0362. The van der Waals surface area contributed by atoms with Crippen molar-refractivity contribution in [1.82, 2.24) is 15.5 Å². The van der Waals surface area contributed by atoms with Crippen LogP contribution < -0.4 is 10.6 Å². The summed E-state index contributed by atoms with van der Waals surface area (Å²) in [6, 6.07) is 7.56. The number of carbonyl (C=O) groups excluding carboxylic acids is 2. The van der Waals surface area contributed by atoms with Gasteiger partial charge in [0.2, 0.25) is 11.0 Å². The monoisotopic (exact) mass is 392 g/mol. The average Bonchev–Trinajstić information content (AvgIpc) is 3.07. The van der Waals surface area contributed by atoms with Crippen LogP contribution in [0.4, 0.5) is 5.13 Å². The largest absolute Gasteiger partial charge is 0.360 e. The average molecular weight is 393 g/mol. The van der Waals surface area contributed by atoms with Crippen LogP contribution in [0.2, 0.25) is 0 Å². The Morgan fingerprint density at radius 1 is 1.19 bits per heavy atom. The van der Waals surface area contributed by atoms with Crippen molar-refractivity contribution in [3.8, 4) is 0 Å². The predicted octanol–water partition coefficient (Wildman–Crippen LogP) is 3.40. The molecule has 0 aliphatic rings. The summed E-state index contributed by atoms with van der Waals surface area (Å²) in [6.45, 7) is 6.94. The van der Waals surface area contributed by atoms with Gasteiger partial charge in [-0.3, -0.25) is 9.59 Å². The van der Waals surface area contributed by atoms with E-state index in [1.807, 2.05) is 31.2 Å². The van der Waals surface area contributed by atoms with E-state index < -0.39 is 0 Å². The lowest BCUT2D eigenvalue weighted by Gasteiger charge is -2.09. The van der Waals surface area contributed by atoms with Gasteiger partial charge in [-0.1, -0.05) is 54.3 Å². The zero-order valence-electron chi connectivity index (χ0n) is 15.2. The molecule has 1 atom stereocenters. The van der Waals surface area contributed by atoms with E-state index in [1.165, 1.54) is 30.0 Å². The molecule has 0 saturated carbocycles. The molecule has 0 aliphatic heterocycles. The molecule has 0 radical (unpaired) electrons. The highest BCUT2D eigenvalue weighted by molar-refractivity contribution is 8.02. The van der Waals surface area contributed by atoms with Gasteiger partial charge in [-0.15, -0.1) is 10.2 Å². The maximum absolute atomic E-state index is 12.6. The fourth-order valence-electron chi connectivity index (χ4n) is 2.22. The molecule has 2 rings (SSSR count). The van der Waals surface area contributed by atoms with Crippen LogP contribution in [0.1, 0.15) is 43.1 Å². The Balaban J connectivity index is 1.88. The minimum absolute atomic E-state index is 0.0348. The van der Waals surface area contributed by atoms with Crippen molar-refractivity contribution in [3.63, 3.8) is 0 Å². The first-order valence-electron chi connectivity index (χ1n) is 8.61. The topological polar surface area (TPSA) is 84.0 Å². The predicted molar refractivity (Wildman–Crippen MR) is 107 cm³/mol. The number of aromatic nitrogens is 2. The van der Waals surface area contributed by atoms with Gasteiger partial charge in [-0.05, 0) is 25.3 Å². The van der Waals surface area contributed by atoms with Gasteiger partial charge >= 0.3 is 0 Å². The molecule has 6 nitrogen and oxygen atoms in total. The summed E-state index contributed by atoms with van der Waals surface area (Å²) >= 11 is 2.90.